The molecule has 1 aromatic heterocycles. The van der Waals surface area contributed by atoms with E-state index in [0.717, 1.165) is 16.6 Å². The van der Waals surface area contributed by atoms with Crippen molar-refractivity contribution >= 4 is 22.8 Å². The maximum absolute atomic E-state index is 12.6. The number of hydrogen-bond acceptors (Lipinski definition) is 5. The van der Waals surface area contributed by atoms with Crippen LogP contribution in [0.5, 0.6) is 0 Å². The lowest BCUT2D eigenvalue weighted by atomic mass is 9.89. The summed E-state index contributed by atoms with van der Waals surface area (Å²) in [4.78, 5) is 29.2. The van der Waals surface area contributed by atoms with Crippen LogP contribution in [0.3, 0.4) is 0 Å². The van der Waals surface area contributed by atoms with Crippen molar-refractivity contribution in [3.05, 3.63) is 78.0 Å². The maximum atomic E-state index is 12.6. The molecule has 0 saturated carbocycles. The maximum Gasteiger partial charge on any atom is 0.408 e. The van der Waals surface area contributed by atoms with Crippen molar-refractivity contribution in [2.75, 3.05) is 0 Å². The van der Waals surface area contributed by atoms with Crippen LogP contribution >= 0.6 is 0 Å². The van der Waals surface area contributed by atoms with Crippen LogP contribution in [0, 0.1) is 11.3 Å². The number of ether oxygens (including phenoxy) is 1. The fraction of sp³-hybridized carbons (Fsp3) is 0.200. The number of rotatable bonds is 5. The summed E-state index contributed by atoms with van der Waals surface area (Å²) in [6, 6.07) is 15.5. The summed E-state index contributed by atoms with van der Waals surface area (Å²) in [6.07, 6.45) is 0.942. The summed E-state index contributed by atoms with van der Waals surface area (Å²) >= 11 is 0. The largest absolute Gasteiger partial charge is 0.444 e. The zero-order valence-corrected chi connectivity index (χ0v) is 18.2. The molecule has 1 unspecified atom stereocenters. The van der Waals surface area contributed by atoms with Gasteiger partial charge in [0.25, 0.3) is 0 Å². The number of carbonyl (C=O) groups excluding carboxylic acids is 2. The molecule has 1 atom stereocenters. The molecule has 2 amide bonds. The number of fused-ring (bicyclic) bond motifs is 1. The number of benzene rings is 2. The van der Waals surface area contributed by atoms with Crippen molar-refractivity contribution in [1.29, 1.82) is 5.26 Å². The van der Waals surface area contributed by atoms with Gasteiger partial charge in [0.15, 0.2) is 0 Å². The lowest BCUT2D eigenvalue weighted by Gasteiger charge is -2.25. The average Bonchev–Trinajstić information content (AvgIpc) is 2.75. The predicted molar refractivity (Wildman–Crippen MR) is 123 cm³/mol. The molecule has 162 valence electrons. The smallest absolute Gasteiger partial charge is 0.408 e. The molecule has 0 bridgehead atoms. The summed E-state index contributed by atoms with van der Waals surface area (Å²) in [5.74, 6) is -0.688. The van der Waals surface area contributed by atoms with Crippen LogP contribution in [-0.2, 0) is 4.74 Å². The first-order valence-corrected chi connectivity index (χ1v) is 9.97. The van der Waals surface area contributed by atoms with E-state index in [2.05, 4.69) is 16.9 Å². The van der Waals surface area contributed by atoms with Crippen LogP contribution in [0.15, 0.2) is 66.9 Å². The van der Waals surface area contributed by atoms with Gasteiger partial charge in [0.1, 0.15) is 5.60 Å². The number of nitrogens with one attached hydrogen (secondary N) is 1. The van der Waals surface area contributed by atoms with Gasteiger partial charge in [-0.2, -0.15) is 5.26 Å². The Bertz CT molecular complexity index is 1240. The van der Waals surface area contributed by atoms with Gasteiger partial charge in [-0.3, -0.25) is 9.78 Å². The molecule has 0 aliphatic rings. The molecule has 0 fully saturated rings. The third-order valence-electron chi connectivity index (χ3n) is 4.73. The van der Waals surface area contributed by atoms with Gasteiger partial charge >= 0.3 is 6.09 Å². The molecule has 0 radical (unpaired) electrons. The Morgan fingerprint density at radius 1 is 1.19 bits per heavy atom. The van der Waals surface area contributed by atoms with Crippen LogP contribution in [0.4, 0.5) is 4.79 Å². The van der Waals surface area contributed by atoms with Gasteiger partial charge in [-0.25, -0.2) is 4.79 Å². The molecular weight excluding hydrogens is 404 g/mol. The molecule has 2 aromatic carbocycles. The van der Waals surface area contributed by atoms with E-state index < -0.39 is 23.6 Å². The van der Waals surface area contributed by atoms with Crippen molar-refractivity contribution in [3.8, 4) is 17.3 Å². The van der Waals surface area contributed by atoms with Crippen LogP contribution in [-0.4, -0.2) is 22.6 Å². The molecule has 7 heteroatoms. The molecule has 0 aliphatic carbocycles. The number of nitrogens with two attached hydrogens (primary N) is 1. The molecule has 1 heterocycles. The van der Waals surface area contributed by atoms with Gasteiger partial charge in [0.05, 0.1) is 17.8 Å². The van der Waals surface area contributed by atoms with Crippen LogP contribution in [0.25, 0.3) is 22.0 Å². The van der Waals surface area contributed by atoms with E-state index in [1.807, 2.05) is 42.5 Å². The van der Waals surface area contributed by atoms with Crippen molar-refractivity contribution in [2.24, 2.45) is 5.73 Å². The number of hydrogen-bond donors (Lipinski definition) is 2. The van der Waals surface area contributed by atoms with Crippen LogP contribution in [0.1, 0.15) is 42.7 Å². The Balaban J connectivity index is 2.24. The summed E-state index contributed by atoms with van der Waals surface area (Å²) in [6.45, 7) is 8.98. The predicted octanol–water partition coefficient (Wildman–Crippen LogP) is 4.65. The second-order valence-electron chi connectivity index (χ2n) is 8.26. The number of amides is 2. The SMILES string of the molecule is C=C(C#N)C(NC(=O)OC(C)(C)C)c1c(C(N)=O)ccc2ccc(-c3ccccn3)cc12. The van der Waals surface area contributed by atoms with Gasteiger partial charge in [-0.15, -0.1) is 0 Å². The number of nitrogens with zero attached hydrogens (tertiary/aromatic N) is 2. The number of alkyl carbamates (subject to hydrolysis) is 1. The Hall–Kier alpha value is -4.18. The zero-order valence-electron chi connectivity index (χ0n) is 18.2. The highest BCUT2D eigenvalue weighted by Crippen LogP contribution is 2.34. The highest BCUT2D eigenvalue weighted by atomic mass is 16.6. The minimum atomic E-state index is -1.01. The number of pyridine rings is 1. The number of aromatic nitrogens is 1. The Kier molecular flexibility index (Phi) is 6.26. The van der Waals surface area contributed by atoms with Crippen molar-refractivity contribution in [1.82, 2.24) is 10.3 Å². The summed E-state index contributed by atoms with van der Waals surface area (Å²) in [5.41, 5.74) is 7.04. The third-order valence-corrected chi connectivity index (χ3v) is 4.73. The summed E-state index contributed by atoms with van der Waals surface area (Å²) < 4.78 is 5.36. The van der Waals surface area contributed by atoms with E-state index in [9.17, 15) is 14.9 Å². The highest BCUT2D eigenvalue weighted by Gasteiger charge is 2.27. The molecule has 3 rings (SSSR count). The standard InChI is InChI=1S/C25H24N4O3/c1-15(14-26)22(29-24(31)32-25(2,3)4)21-18(23(27)30)11-10-16-8-9-17(13-19(16)21)20-7-5-6-12-28-20/h5-13,22H,1H2,2-4H3,(H2,27,30)(H,29,31). The van der Waals surface area contributed by atoms with E-state index in [1.54, 1.807) is 39.1 Å². The van der Waals surface area contributed by atoms with Gasteiger partial charge < -0.3 is 15.8 Å². The second kappa shape index (κ2) is 8.90. The first-order chi connectivity index (χ1) is 15.1. The van der Waals surface area contributed by atoms with E-state index >= 15 is 0 Å². The molecule has 32 heavy (non-hydrogen) atoms. The second-order valence-corrected chi connectivity index (χ2v) is 8.26. The van der Waals surface area contributed by atoms with Gasteiger partial charge in [-0.05, 0) is 55.8 Å². The van der Waals surface area contributed by atoms with Crippen molar-refractivity contribution in [3.63, 3.8) is 0 Å². The van der Waals surface area contributed by atoms with Crippen molar-refractivity contribution in [2.45, 2.75) is 32.4 Å². The molecule has 0 aliphatic heterocycles. The minimum Gasteiger partial charge on any atom is -0.444 e. The van der Waals surface area contributed by atoms with E-state index in [-0.39, 0.29) is 11.1 Å². The van der Waals surface area contributed by atoms with Crippen LogP contribution in [0.2, 0.25) is 0 Å². The minimum absolute atomic E-state index is 0.0362. The lowest BCUT2D eigenvalue weighted by Crippen LogP contribution is -2.36. The molecule has 3 aromatic rings. The van der Waals surface area contributed by atoms with Gasteiger partial charge in [-0.1, -0.05) is 30.8 Å². The topological polar surface area (TPSA) is 118 Å². The number of primary amides is 1. The average molecular weight is 428 g/mol. The highest BCUT2D eigenvalue weighted by molar-refractivity contribution is 6.02. The molecule has 0 saturated heterocycles. The van der Waals surface area contributed by atoms with Gasteiger partial charge in [0, 0.05) is 28.5 Å². The molecule has 7 nitrogen and oxygen atoms in total. The zero-order chi connectivity index (χ0) is 23.5. The quantitative estimate of drug-likeness (QED) is 0.574. The number of carbonyl (C=O) groups is 2. The van der Waals surface area contributed by atoms with E-state index in [0.29, 0.717) is 10.9 Å². The first-order valence-electron chi connectivity index (χ1n) is 9.97. The monoisotopic (exact) mass is 428 g/mol. The summed E-state index contributed by atoms with van der Waals surface area (Å²) in [7, 11) is 0. The van der Waals surface area contributed by atoms with Crippen molar-refractivity contribution < 1.29 is 14.3 Å². The fourth-order valence-corrected chi connectivity index (χ4v) is 3.39. The van der Waals surface area contributed by atoms with E-state index in [4.69, 9.17) is 10.5 Å². The Labute approximate surface area is 186 Å². The summed E-state index contributed by atoms with van der Waals surface area (Å²) in [5, 5.41) is 13.7. The van der Waals surface area contributed by atoms with E-state index in [1.165, 1.54) is 0 Å². The molecule has 3 N–H and O–H groups in total. The Morgan fingerprint density at radius 3 is 2.50 bits per heavy atom. The number of nitriles is 1. The third kappa shape index (κ3) is 4.93. The van der Waals surface area contributed by atoms with Crippen LogP contribution < -0.4 is 11.1 Å². The lowest BCUT2D eigenvalue weighted by molar-refractivity contribution is 0.0512. The molecule has 0 spiro atoms. The molecular formula is C25H24N4O3. The normalized spacial score (nSPS) is 11.9. The first kappa shape index (κ1) is 22.5. The Morgan fingerprint density at radius 2 is 1.91 bits per heavy atom. The fourth-order valence-electron chi connectivity index (χ4n) is 3.39. The van der Waals surface area contributed by atoms with Gasteiger partial charge in [0.2, 0.25) is 5.91 Å².